The average Bonchev–Trinajstić information content (AvgIpc) is 3.35. The zero-order valence-corrected chi connectivity index (χ0v) is 22.3. The lowest BCUT2D eigenvalue weighted by Gasteiger charge is -2.31. The first kappa shape index (κ1) is 26.0. The van der Waals surface area contributed by atoms with Crippen LogP contribution in [0.2, 0.25) is 0 Å². The second kappa shape index (κ2) is 10.3. The molecule has 1 aromatic heterocycles. The highest BCUT2D eigenvalue weighted by Gasteiger charge is 2.57. The fourth-order valence-corrected chi connectivity index (χ4v) is 7.61. The van der Waals surface area contributed by atoms with E-state index in [9.17, 15) is 23.6 Å². The number of thiazole rings is 1. The number of anilines is 1. The van der Waals surface area contributed by atoms with Gasteiger partial charge in [0.05, 0.1) is 37.5 Å². The standard InChI is InChI=1S/C26H23FN2O7S2/c1-4-36-18(30)12-28-25-22(38-26(28)33)19(13-5-10-16(34-2)17(11-13)35-3)20-21(37-25)24(32)29(23(20)31)15-8-6-14(27)7-9-15/h5-11,19-21H,4,12H2,1-3H3/t19-,20-,21+/m0/s1. The number of aromatic nitrogens is 1. The number of hydrogen-bond acceptors (Lipinski definition) is 9. The van der Waals surface area contributed by atoms with Crippen LogP contribution in [0.1, 0.15) is 23.3 Å². The van der Waals surface area contributed by atoms with Gasteiger partial charge >= 0.3 is 10.8 Å². The number of benzene rings is 2. The summed E-state index contributed by atoms with van der Waals surface area (Å²) in [6, 6.07) is 10.3. The number of halogens is 1. The maximum atomic E-state index is 13.8. The van der Waals surface area contributed by atoms with Crippen LogP contribution in [0.5, 0.6) is 11.5 Å². The minimum atomic E-state index is -0.874. The summed E-state index contributed by atoms with van der Waals surface area (Å²) in [7, 11) is 2.99. The number of esters is 1. The minimum Gasteiger partial charge on any atom is -0.493 e. The Balaban J connectivity index is 1.67. The van der Waals surface area contributed by atoms with Crippen LogP contribution in [0.25, 0.3) is 0 Å². The lowest BCUT2D eigenvalue weighted by molar-refractivity contribution is -0.144. The Morgan fingerprint density at radius 2 is 1.71 bits per heavy atom. The predicted molar refractivity (Wildman–Crippen MR) is 139 cm³/mol. The van der Waals surface area contributed by atoms with Crippen molar-refractivity contribution in [2.45, 2.75) is 29.7 Å². The molecule has 0 saturated carbocycles. The molecule has 9 nitrogen and oxygen atoms in total. The van der Waals surface area contributed by atoms with Gasteiger partial charge in [-0.15, -0.1) is 0 Å². The van der Waals surface area contributed by atoms with Crippen LogP contribution < -0.4 is 19.2 Å². The van der Waals surface area contributed by atoms with Crippen LogP contribution in [0.15, 0.2) is 52.3 Å². The third-order valence-corrected chi connectivity index (χ3v) is 9.10. The summed E-state index contributed by atoms with van der Waals surface area (Å²) in [4.78, 5) is 54.1. The summed E-state index contributed by atoms with van der Waals surface area (Å²) in [5.74, 6) is -2.64. The van der Waals surface area contributed by atoms with Gasteiger partial charge in [-0.2, -0.15) is 0 Å². The molecule has 38 heavy (non-hydrogen) atoms. The number of carbonyl (C=O) groups is 3. The summed E-state index contributed by atoms with van der Waals surface area (Å²) in [6.45, 7) is 1.51. The summed E-state index contributed by atoms with van der Waals surface area (Å²) >= 11 is 2.02. The first-order valence-electron chi connectivity index (χ1n) is 11.7. The fraction of sp³-hybridized carbons (Fsp3) is 0.308. The minimum absolute atomic E-state index is 0.158. The largest absolute Gasteiger partial charge is 0.493 e. The van der Waals surface area contributed by atoms with Crippen molar-refractivity contribution in [3.63, 3.8) is 0 Å². The van der Waals surface area contributed by atoms with Gasteiger partial charge in [-0.1, -0.05) is 29.2 Å². The van der Waals surface area contributed by atoms with Crippen molar-refractivity contribution in [1.29, 1.82) is 0 Å². The molecule has 1 fully saturated rings. The lowest BCUT2D eigenvalue weighted by Crippen LogP contribution is -2.32. The maximum Gasteiger partial charge on any atom is 0.326 e. The molecular formula is C26H23FN2O7S2. The maximum absolute atomic E-state index is 13.8. The van der Waals surface area contributed by atoms with Gasteiger partial charge in [0.25, 0.3) is 0 Å². The van der Waals surface area contributed by atoms with Crippen molar-refractivity contribution in [3.8, 4) is 11.5 Å². The number of thioether (sulfide) groups is 1. The molecule has 0 N–H and O–H groups in total. The number of fused-ring (bicyclic) bond motifs is 2. The van der Waals surface area contributed by atoms with Crippen molar-refractivity contribution >= 4 is 46.6 Å². The van der Waals surface area contributed by atoms with Gasteiger partial charge in [-0.3, -0.25) is 23.7 Å². The van der Waals surface area contributed by atoms with E-state index in [4.69, 9.17) is 14.2 Å². The number of imide groups is 1. The Labute approximate surface area is 225 Å². The average molecular weight is 559 g/mol. The Kier molecular flexibility index (Phi) is 7.01. The van der Waals surface area contributed by atoms with E-state index in [0.29, 0.717) is 27.0 Å². The molecule has 2 aromatic carbocycles. The van der Waals surface area contributed by atoms with E-state index >= 15 is 0 Å². The van der Waals surface area contributed by atoms with Crippen LogP contribution in [0, 0.1) is 11.7 Å². The van der Waals surface area contributed by atoms with E-state index in [1.165, 1.54) is 43.1 Å². The highest BCUT2D eigenvalue weighted by atomic mass is 32.2. The van der Waals surface area contributed by atoms with Crippen molar-refractivity contribution < 1.29 is 33.0 Å². The van der Waals surface area contributed by atoms with E-state index in [1.807, 2.05) is 0 Å². The Morgan fingerprint density at radius 3 is 2.37 bits per heavy atom. The smallest absolute Gasteiger partial charge is 0.326 e. The van der Waals surface area contributed by atoms with Crippen molar-refractivity contribution in [1.82, 2.24) is 4.57 Å². The summed E-state index contributed by atoms with van der Waals surface area (Å²) in [5.41, 5.74) is 0.903. The second-order valence-corrected chi connectivity index (χ2v) is 10.7. The fourth-order valence-electron chi connectivity index (χ4n) is 4.84. The van der Waals surface area contributed by atoms with E-state index in [1.54, 1.807) is 25.1 Å². The molecular weight excluding hydrogens is 535 g/mol. The zero-order chi connectivity index (χ0) is 27.1. The van der Waals surface area contributed by atoms with Crippen molar-refractivity contribution in [2.75, 3.05) is 25.7 Å². The van der Waals surface area contributed by atoms with Crippen molar-refractivity contribution in [2.24, 2.45) is 5.92 Å². The highest BCUT2D eigenvalue weighted by molar-refractivity contribution is 8.00. The molecule has 0 aliphatic carbocycles. The molecule has 12 heteroatoms. The SMILES string of the molecule is CCOC(=O)Cn1c2c(sc1=O)[C@@H](c1ccc(OC)c(OC)c1)[C@@H]1C(=O)N(c3ccc(F)cc3)C(=O)[C@@H]1S2. The van der Waals surface area contributed by atoms with E-state index in [2.05, 4.69) is 0 Å². The molecule has 0 bridgehead atoms. The number of nitrogens with zero attached hydrogens (tertiary/aromatic N) is 2. The van der Waals surface area contributed by atoms with E-state index in [0.717, 1.165) is 28.0 Å². The van der Waals surface area contributed by atoms with Gasteiger partial charge < -0.3 is 14.2 Å². The number of methoxy groups -OCH3 is 2. The summed E-state index contributed by atoms with van der Waals surface area (Å²) in [5, 5.41) is -0.434. The van der Waals surface area contributed by atoms with Gasteiger partial charge in [-0.25, -0.2) is 9.29 Å². The van der Waals surface area contributed by atoms with Gasteiger partial charge in [0, 0.05) is 10.8 Å². The van der Waals surface area contributed by atoms with E-state index < -0.39 is 45.6 Å². The third-order valence-electron chi connectivity index (χ3n) is 6.49. The normalized spacial score (nSPS) is 20.2. The number of carbonyl (C=O) groups excluding carboxylic acids is 3. The first-order valence-corrected chi connectivity index (χ1v) is 13.4. The van der Waals surface area contributed by atoms with Gasteiger partial charge in [-0.05, 0) is 48.9 Å². The number of rotatable bonds is 7. The molecule has 3 aromatic rings. The van der Waals surface area contributed by atoms with Crippen LogP contribution in [-0.2, 0) is 25.7 Å². The molecule has 5 rings (SSSR count). The molecule has 2 aliphatic rings. The molecule has 198 valence electrons. The predicted octanol–water partition coefficient (Wildman–Crippen LogP) is 3.43. The number of hydrogen-bond donors (Lipinski definition) is 0. The Morgan fingerprint density at radius 1 is 1.00 bits per heavy atom. The van der Waals surface area contributed by atoms with Crippen LogP contribution in [-0.4, -0.2) is 48.4 Å². The third kappa shape index (κ3) is 4.27. The van der Waals surface area contributed by atoms with Crippen molar-refractivity contribution in [3.05, 3.63) is 68.4 Å². The van der Waals surface area contributed by atoms with Crippen LogP contribution in [0.4, 0.5) is 10.1 Å². The second-order valence-electron chi connectivity index (χ2n) is 8.57. The molecule has 3 heterocycles. The van der Waals surface area contributed by atoms with Crippen LogP contribution >= 0.6 is 23.1 Å². The number of ether oxygens (including phenoxy) is 3. The summed E-state index contributed by atoms with van der Waals surface area (Å²) < 4.78 is 30.7. The molecule has 1 saturated heterocycles. The van der Waals surface area contributed by atoms with E-state index in [-0.39, 0.29) is 18.8 Å². The molecule has 2 amide bonds. The first-order chi connectivity index (χ1) is 18.3. The quantitative estimate of drug-likeness (QED) is 0.321. The lowest BCUT2D eigenvalue weighted by atomic mass is 9.83. The van der Waals surface area contributed by atoms with Gasteiger partial charge in [0.15, 0.2) is 11.5 Å². The Bertz CT molecular complexity index is 1480. The Hall–Kier alpha value is -3.64. The monoisotopic (exact) mass is 558 g/mol. The summed E-state index contributed by atoms with van der Waals surface area (Å²) in [6.07, 6.45) is 0. The highest BCUT2D eigenvalue weighted by Crippen LogP contribution is 2.54. The van der Waals surface area contributed by atoms with Gasteiger partial charge in [0.1, 0.15) is 17.6 Å². The molecule has 3 atom stereocenters. The molecule has 0 spiro atoms. The topological polar surface area (TPSA) is 104 Å². The van der Waals surface area contributed by atoms with Crippen LogP contribution in [0.3, 0.4) is 0 Å². The van der Waals surface area contributed by atoms with Gasteiger partial charge in [0.2, 0.25) is 11.8 Å². The molecule has 0 radical (unpaired) electrons. The molecule has 2 aliphatic heterocycles. The number of amides is 2. The molecule has 0 unspecified atom stereocenters. The zero-order valence-electron chi connectivity index (χ0n) is 20.6.